The molecule has 20 heavy (non-hydrogen) atoms. The summed E-state index contributed by atoms with van der Waals surface area (Å²) in [5.74, 6) is 0.677. The lowest BCUT2D eigenvalue weighted by atomic mass is 9.68. The van der Waals surface area contributed by atoms with E-state index in [0.29, 0.717) is 11.5 Å². The van der Waals surface area contributed by atoms with Crippen LogP contribution in [-0.2, 0) is 4.84 Å². The molecular weight excluding hydrogens is 250 g/mol. The van der Waals surface area contributed by atoms with Crippen molar-refractivity contribution in [2.45, 2.75) is 45.8 Å². The minimum atomic E-state index is -0.341. The maximum Gasteiger partial charge on any atom is 0.280 e. The summed E-state index contributed by atoms with van der Waals surface area (Å²) in [5.41, 5.74) is 0.703. The van der Waals surface area contributed by atoms with Crippen molar-refractivity contribution in [2.24, 2.45) is 16.7 Å². The first kappa shape index (κ1) is 12.4. The van der Waals surface area contributed by atoms with Crippen LogP contribution in [-0.4, -0.2) is 16.7 Å². The van der Waals surface area contributed by atoms with E-state index in [-0.39, 0.29) is 22.5 Å². The van der Waals surface area contributed by atoms with Gasteiger partial charge >= 0.3 is 0 Å². The molecule has 0 radical (unpaired) electrons. The molecule has 1 aromatic rings. The van der Waals surface area contributed by atoms with E-state index in [4.69, 9.17) is 4.84 Å². The number of benzene rings is 1. The molecule has 1 spiro atoms. The molecule has 2 bridgehead atoms. The summed E-state index contributed by atoms with van der Waals surface area (Å²) in [6, 6.07) is 9.44. The van der Waals surface area contributed by atoms with Crippen molar-refractivity contribution in [3.63, 3.8) is 0 Å². The summed E-state index contributed by atoms with van der Waals surface area (Å²) in [6.45, 7) is 6.98. The third-order valence-corrected chi connectivity index (χ3v) is 6.56. The normalized spacial score (nSPS) is 40.4. The van der Waals surface area contributed by atoms with E-state index in [1.54, 1.807) is 5.06 Å². The smallest absolute Gasteiger partial charge is 0.267 e. The van der Waals surface area contributed by atoms with E-state index in [9.17, 15) is 4.79 Å². The molecule has 1 aromatic carbocycles. The lowest BCUT2D eigenvalue weighted by Crippen LogP contribution is -2.41. The third-order valence-electron chi connectivity index (χ3n) is 6.56. The number of rotatable bonds is 1. The fourth-order valence-electron chi connectivity index (χ4n) is 4.69. The van der Waals surface area contributed by atoms with Crippen molar-refractivity contribution in [1.82, 2.24) is 5.06 Å². The van der Waals surface area contributed by atoms with Crippen LogP contribution in [0.25, 0.3) is 0 Å². The van der Waals surface area contributed by atoms with Crippen LogP contribution in [0, 0.1) is 16.7 Å². The van der Waals surface area contributed by atoms with Gasteiger partial charge in [0.15, 0.2) is 0 Å². The van der Waals surface area contributed by atoms with Gasteiger partial charge in [-0.15, -0.1) is 0 Å². The molecular formula is C17H21NO2. The molecule has 2 aliphatic carbocycles. The predicted molar refractivity (Wildman–Crippen MR) is 75.7 cm³/mol. The number of hydroxylamine groups is 2. The first-order valence-corrected chi connectivity index (χ1v) is 7.51. The van der Waals surface area contributed by atoms with Crippen molar-refractivity contribution in [3.05, 3.63) is 35.9 Å². The third kappa shape index (κ3) is 1.19. The molecule has 1 heterocycles. The molecule has 1 aliphatic heterocycles. The van der Waals surface area contributed by atoms with Gasteiger partial charge in [0.2, 0.25) is 5.72 Å². The average molecular weight is 271 g/mol. The Labute approximate surface area is 119 Å². The zero-order valence-corrected chi connectivity index (χ0v) is 12.3. The Hall–Kier alpha value is -1.35. The highest BCUT2D eigenvalue weighted by Crippen LogP contribution is 2.76. The Morgan fingerprint density at radius 1 is 1.25 bits per heavy atom. The number of nitrogens with zero attached hydrogens (tertiary/aromatic N) is 1. The molecule has 1 amide bonds. The first-order chi connectivity index (χ1) is 9.42. The quantitative estimate of drug-likeness (QED) is 0.731. The monoisotopic (exact) mass is 271 g/mol. The topological polar surface area (TPSA) is 32.6 Å². The predicted octanol–water partition coefficient (Wildman–Crippen LogP) is 3.62. The van der Waals surface area contributed by atoms with Crippen molar-refractivity contribution >= 4 is 5.91 Å². The minimum Gasteiger partial charge on any atom is -0.267 e. The number of hydrogen-bond donors (Lipinski definition) is 0. The summed E-state index contributed by atoms with van der Waals surface area (Å²) in [4.78, 5) is 18.5. The van der Waals surface area contributed by atoms with Crippen LogP contribution in [0.4, 0.5) is 0 Å². The number of carbonyl (C=O) groups excluding carboxylic acids is 1. The second-order valence-corrected chi connectivity index (χ2v) is 7.33. The summed E-state index contributed by atoms with van der Waals surface area (Å²) < 4.78 is 0. The van der Waals surface area contributed by atoms with Crippen LogP contribution in [0.15, 0.2) is 30.3 Å². The SMILES string of the molecule is CC1(C)[C@@H]2CC[C@@]1(C)[C@]1(C2)ON1C(=O)c1ccccc1. The molecule has 3 atom stereocenters. The molecule has 3 nitrogen and oxygen atoms in total. The Morgan fingerprint density at radius 2 is 1.95 bits per heavy atom. The Kier molecular flexibility index (Phi) is 2.14. The van der Waals surface area contributed by atoms with E-state index in [2.05, 4.69) is 20.8 Å². The molecule has 1 saturated heterocycles. The van der Waals surface area contributed by atoms with Crippen LogP contribution in [0.5, 0.6) is 0 Å². The summed E-state index contributed by atoms with van der Waals surface area (Å²) >= 11 is 0. The fraction of sp³-hybridized carbons (Fsp3) is 0.588. The summed E-state index contributed by atoms with van der Waals surface area (Å²) in [6.07, 6.45) is 3.42. The van der Waals surface area contributed by atoms with Gasteiger partial charge in [0.25, 0.3) is 5.91 Å². The fourth-order valence-corrected chi connectivity index (χ4v) is 4.69. The Balaban J connectivity index is 1.66. The maximum absolute atomic E-state index is 12.6. The van der Waals surface area contributed by atoms with E-state index < -0.39 is 0 Å². The Bertz CT molecular complexity index is 582. The second-order valence-electron chi connectivity index (χ2n) is 7.33. The highest BCUT2D eigenvalue weighted by Gasteiger charge is 2.80. The zero-order chi connectivity index (χ0) is 14.2. The maximum atomic E-state index is 12.6. The van der Waals surface area contributed by atoms with E-state index >= 15 is 0 Å². The first-order valence-electron chi connectivity index (χ1n) is 7.51. The molecule has 0 unspecified atom stereocenters. The summed E-state index contributed by atoms with van der Waals surface area (Å²) in [5, 5.41) is 1.66. The highest BCUT2D eigenvalue weighted by molar-refractivity contribution is 5.95. The minimum absolute atomic E-state index is 0.00942. The number of carbonyl (C=O) groups is 1. The van der Waals surface area contributed by atoms with Crippen molar-refractivity contribution in [1.29, 1.82) is 0 Å². The molecule has 0 N–H and O–H groups in total. The standard InChI is InChI=1S/C17H21NO2/c1-15(2)13-9-10-16(15,3)17(11-13)18(20-17)14(19)12-7-5-4-6-8-12/h4-8,13H,9-11H2,1-3H3/t13-,16-,17+,18?/m1/s1. The van der Waals surface area contributed by atoms with Gasteiger partial charge in [0.1, 0.15) is 0 Å². The van der Waals surface area contributed by atoms with Gasteiger partial charge in [-0.3, -0.25) is 4.79 Å². The van der Waals surface area contributed by atoms with Crippen molar-refractivity contribution in [3.8, 4) is 0 Å². The summed E-state index contributed by atoms with van der Waals surface area (Å²) in [7, 11) is 0. The molecule has 106 valence electrons. The average Bonchev–Trinajstić information content (AvgIpc) is 3.08. The largest absolute Gasteiger partial charge is 0.280 e. The van der Waals surface area contributed by atoms with Gasteiger partial charge in [-0.25, -0.2) is 4.84 Å². The highest BCUT2D eigenvalue weighted by atomic mass is 16.9. The van der Waals surface area contributed by atoms with Gasteiger partial charge in [-0.05, 0) is 36.3 Å². The number of amides is 1. The molecule has 3 aliphatic rings. The van der Waals surface area contributed by atoms with Gasteiger partial charge < -0.3 is 0 Å². The molecule has 3 fully saturated rings. The van der Waals surface area contributed by atoms with Gasteiger partial charge in [-0.2, -0.15) is 5.06 Å². The molecule has 2 saturated carbocycles. The van der Waals surface area contributed by atoms with Crippen LogP contribution in [0.2, 0.25) is 0 Å². The molecule has 3 heteroatoms. The van der Waals surface area contributed by atoms with Crippen LogP contribution >= 0.6 is 0 Å². The lowest BCUT2D eigenvalue weighted by molar-refractivity contribution is 0.0692. The molecule has 4 rings (SSSR count). The van der Waals surface area contributed by atoms with Crippen LogP contribution < -0.4 is 0 Å². The van der Waals surface area contributed by atoms with E-state index in [0.717, 1.165) is 12.8 Å². The van der Waals surface area contributed by atoms with Crippen LogP contribution in [0.3, 0.4) is 0 Å². The van der Waals surface area contributed by atoms with Gasteiger partial charge in [-0.1, -0.05) is 39.0 Å². The number of fused-ring (bicyclic) bond motifs is 3. The van der Waals surface area contributed by atoms with Gasteiger partial charge in [0.05, 0.1) is 0 Å². The zero-order valence-electron chi connectivity index (χ0n) is 12.3. The lowest BCUT2D eigenvalue weighted by Gasteiger charge is -2.36. The van der Waals surface area contributed by atoms with Crippen LogP contribution in [0.1, 0.15) is 50.4 Å². The number of hydrogen-bond acceptors (Lipinski definition) is 2. The second kappa shape index (κ2) is 3.45. The van der Waals surface area contributed by atoms with E-state index in [1.165, 1.54) is 6.42 Å². The molecule has 0 aromatic heterocycles. The van der Waals surface area contributed by atoms with Crippen molar-refractivity contribution in [2.75, 3.05) is 0 Å². The van der Waals surface area contributed by atoms with Crippen molar-refractivity contribution < 1.29 is 9.63 Å². The van der Waals surface area contributed by atoms with Gasteiger partial charge in [0, 0.05) is 17.4 Å². The Morgan fingerprint density at radius 3 is 2.50 bits per heavy atom. The van der Waals surface area contributed by atoms with E-state index in [1.807, 2.05) is 30.3 Å².